The van der Waals surface area contributed by atoms with Crippen LogP contribution in [0.15, 0.2) is 23.1 Å². The molecule has 0 N–H and O–H groups in total. The molecule has 0 aliphatic carbocycles. The zero-order chi connectivity index (χ0) is 15.5. The van der Waals surface area contributed by atoms with Gasteiger partial charge in [-0.3, -0.25) is 4.79 Å². The van der Waals surface area contributed by atoms with Crippen molar-refractivity contribution in [1.82, 2.24) is 4.31 Å². The molecule has 20 heavy (non-hydrogen) atoms. The average Bonchev–Trinajstić information content (AvgIpc) is 2.40. The van der Waals surface area contributed by atoms with E-state index in [1.165, 1.54) is 26.3 Å². The van der Waals surface area contributed by atoms with Crippen LogP contribution in [-0.2, 0) is 19.6 Å². The number of sulfonamides is 1. The van der Waals surface area contributed by atoms with E-state index >= 15 is 0 Å². The molecule has 0 saturated carbocycles. The minimum absolute atomic E-state index is 0.0367. The van der Waals surface area contributed by atoms with Crippen molar-refractivity contribution >= 4 is 16.0 Å². The Labute approximate surface area is 118 Å². The highest BCUT2D eigenvalue weighted by Gasteiger charge is 2.26. The molecule has 0 aromatic heterocycles. The van der Waals surface area contributed by atoms with Crippen LogP contribution >= 0.6 is 0 Å². The predicted octanol–water partition coefficient (Wildman–Crippen LogP) is 1.56. The summed E-state index contributed by atoms with van der Waals surface area (Å²) >= 11 is 0. The molecular weight excluding hydrogens is 285 g/mol. The van der Waals surface area contributed by atoms with Crippen molar-refractivity contribution in [3.05, 3.63) is 29.6 Å². The van der Waals surface area contributed by atoms with Gasteiger partial charge in [0.2, 0.25) is 10.0 Å². The first-order valence-electron chi connectivity index (χ1n) is 6.00. The number of ether oxygens (including phenoxy) is 1. The van der Waals surface area contributed by atoms with Crippen molar-refractivity contribution in [3.63, 3.8) is 0 Å². The van der Waals surface area contributed by atoms with Crippen LogP contribution in [0.5, 0.6) is 0 Å². The van der Waals surface area contributed by atoms with Crippen LogP contribution in [0.4, 0.5) is 4.39 Å². The van der Waals surface area contributed by atoms with Crippen molar-refractivity contribution in [3.8, 4) is 0 Å². The Kier molecular flexibility index (Phi) is 5.24. The van der Waals surface area contributed by atoms with E-state index in [1.54, 1.807) is 13.8 Å². The molecule has 112 valence electrons. The van der Waals surface area contributed by atoms with E-state index in [4.69, 9.17) is 0 Å². The lowest BCUT2D eigenvalue weighted by Gasteiger charge is -2.21. The van der Waals surface area contributed by atoms with Crippen molar-refractivity contribution < 1.29 is 22.3 Å². The molecule has 0 amide bonds. The molecule has 0 bridgehead atoms. The van der Waals surface area contributed by atoms with Gasteiger partial charge in [-0.1, -0.05) is 13.0 Å². The maximum absolute atomic E-state index is 13.2. The number of benzene rings is 1. The molecule has 1 aromatic rings. The molecule has 0 saturated heterocycles. The van der Waals surface area contributed by atoms with E-state index in [9.17, 15) is 17.6 Å². The number of methoxy groups -OCH3 is 1. The summed E-state index contributed by atoms with van der Waals surface area (Å²) in [6.07, 6.45) is 0. The third kappa shape index (κ3) is 3.55. The zero-order valence-corrected chi connectivity index (χ0v) is 12.7. The molecule has 1 atom stereocenters. The Hall–Kier alpha value is -1.47. The number of hydrogen-bond acceptors (Lipinski definition) is 4. The van der Waals surface area contributed by atoms with Gasteiger partial charge in [-0.2, -0.15) is 0 Å². The Balaban J connectivity index is 3.04. The number of halogens is 1. The van der Waals surface area contributed by atoms with Crippen LogP contribution in [0.3, 0.4) is 0 Å². The lowest BCUT2D eigenvalue weighted by atomic mass is 10.2. The normalized spacial score (nSPS) is 13.3. The fraction of sp³-hybridized carbons (Fsp3) is 0.462. The Bertz CT molecular complexity index is 600. The minimum Gasteiger partial charge on any atom is -0.469 e. The fourth-order valence-corrected chi connectivity index (χ4v) is 3.27. The zero-order valence-electron chi connectivity index (χ0n) is 11.9. The summed E-state index contributed by atoms with van der Waals surface area (Å²) in [5.74, 6) is -1.72. The van der Waals surface area contributed by atoms with Gasteiger partial charge in [-0.25, -0.2) is 17.1 Å². The minimum atomic E-state index is -3.84. The van der Waals surface area contributed by atoms with Gasteiger partial charge in [0.1, 0.15) is 5.82 Å². The van der Waals surface area contributed by atoms with Crippen LogP contribution in [0, 0.1) is 18.7 Å². The molecule has 0 radical (unpaired) electrons. The van der Waals surface area contributed by atoms with Gasteiger partial charge in [0.05, 0.1) is 17.9 Å². The molecule has 7 heteroatoms. The lowest BCUT2D eigenvalue weighted by Crippen LogP contribution is -2.34. The third-order valence-corrected chi connectivity index (χ3v) is 4.94. The van der Waals surface area contributed by atoms with Gasteiger partial charge in [0.15, 0.2) is 0 Å². The monoisotopic (exact) mass is 303 g/mol. The number of aryl methyl sites for hydroxylation is 1. The number of carbonyl (C=O) groups is 1. The third-order valence-electron chi connectivity index (χ3n) is 2.97. The standard InChI is InChI=1S/C13H18FNO4S/c1-9-5-6-11(14)7-12(9)20(17,18)15(3)8-10(2)13(16)19-4/h5-7,10H,8H2,1-4H3. The van der Waals surface area contributed by atoms with Gasteiger partial charge in [0, 0.05) is 13.6 Å². The van der Waals surface area contributed by atoms with E-state index in [1.807, 2.05) is 0 Å². The van der Waals surface area contributed by atoms with E-state index in [2.05, 4.69) is 4.74 Å². The first kappa shape index (κ1) is 16.6. The second-order valence-electron chi connectivity index (χ2n) is 4.62. The van der Waals surface area contributed by atoms with Crippen LogP contribution in [-0.4, -0.2) is 39.4 Å². The first-order chi connectivity index (χ1) is 9.20. The number of esters is 1. The number of nitrogens with zero attached hydrogens (tertiary/aromatic N) is 1. The van der Waals surface area contributed by atoms with Crippen LogP contribution in [0.2, 0.25) is 0 Å². The second kappa shape index (κ2) is 6.32. The molecule has 1 unspecified atom stereocenters. The van der Waals surface area contributed by atoms with Crippen molar-refractivity contribution in [2.45, 2.75) is 18.7 Å². The summed E-state index contributed by atoms with van der Waals surface area (Å²) in [4.78, 5) is 11.2. The molecule has 0 heterocycles. The van der Waals surface area contributed by atoms with Crippen molar-refractivity contribution in [2.24, 2.45) is 5.92 Å². The Morgan fingerprint density at radius 1 is 1.45 bits per heavy atom. The summed E-state index contributed by atoms with van der Waals surface area (Å²) in [5, 5.41) is 0. The maximum atomic E-state index is 13.2. The molecule has 0 aliphatic rings. The summed E-state index contributed by atoms with van der Waals surface area (Å²) < 4.78 is 43.5. The average molecular weight is 303 g/mol. The number of rotatable bonds is 5. The maximum Gasteiger partial charge on any atom is 0.309 e. The van der Waals surface area contributed by atoms with E-state index < -0.39 is 27.7 Å². The van der Waals surface area contributed by atoms with Gasteiger partial charge < -0.3 is 4.74 Å². The van der Waals surface area contributed by atoms with Crippen LogP contribution in [0.1, 0.15) is 12.5 Å². The molecule has 0 fully saturated rings. The topological polar surface area (TPSA) is 63.7 Å². The molecule has 1 aromatic carbocycles. The summed E-state index contributed by atoms with van der Waals surface area (Å²) in [6.45, 7) is 3.12. The molecule has 0 aliphatic heterocycles. The SMILES string of the molecule is COC(=O)C(C)CN(C)S(=O)(=O)c1cc(F)ccc1C. The van der Waals surface area contributed by atoms with Gasteiger partial charge in [-0.15, -0.1) is 0 Å². The van der Waals surface area contributed by atoms with Gasteiger partial charge in [-0.05, 0) is 24.6 Å². The van der Waals surface area contributed by atoms with Crippen molar-refractivity contribution in [2.75, 3.05) is 20.7 Å². The molecule has 0 spiro atoms. The fourth-order valence-electron chi connectivity index (χ4n) is 1.78. The number of hydrogen-bond donors (Lipinski definition) is 0. The van der Waals surface area contributed by atoms with Gasteiger partial charge in [0.25, 0.3) is 0 Å². The highest BCUT2D eigenvalue weighted by molar-refractivity contribution is 7.89. The molecule has 5 nitrogen and oxygen atoms in total. The predicted molar refractivity (Wildman–Crippen MR) is 72.1 cm³/mol. The van der Waals surface area contributed by atoms with Gasteiger partial charge >= 0.3 is 5.97 Å². The van der Waals surface area contributed by atoms with E-state index in [0.29, 0.717) is 5.56 Å². The smallest absolute Gasteiger partial charge is 0.309 e. The van der Waals surface area contributed by atoms with Crippen molar-refractivity contribution in [1.29, 1.82) is 0 Å². The highest BCUT2D eigenvalue weighted by Crippen LogP contribution is 2.20. The Morgan fingerprint density at radius 2 is 2.05 bits per heavy atom. The quantitative estimate of drug-likeness (QED) is 0.775. The Morgan fingerprint density at radius 3 is 2.60 bits per heavy atom. The summed E-state index contributed by atoms with van der Waals surface area (Å²) in [5.41, 5.74) is 0.448. The largest absolute Gasteiger partial charge is 0.469 e. The molecular formula is C13H18FNO4S. The molecule has 1 rings (SSSR count). The second-order valence-corrected chi connectivity index (χ2v) is 6.63. The first-order valence-corrected chi connectivity index (χ1v) is 7.44. The van der Waals surface area contributed by atoms with Crippen LogP contribution in [0.25, 0.3) is 0 Å². The number of carbonyl (C=O) groups excluding carboxylic acids is 1. The lowest BCUT2D eigenvalue weighted by molar-refractivity contribution is -0.144. The van der Waals surface area contributed by atoms with E-state index in [0.717, 1.165) is 10.4 Å². The van der Waals surface area contributed by atoms with Crippen LogP contribution < -0.4 is 0 Å². The summed E-state index contributed by atoms with van der Waals surface area (Å²) in [6, 6.07) is 3.58. The van der Waals surface area contributed by atoms with E-state index in [-0.39, 0.29) is 11.4 Å². The summed E-state index contributed by atoms with van der Waals surface area (Å²) in [7, 11) is -1.26. The highest BCUT2D eigenvalue weighted by atomic mass is 32.2.